The molecule has 2 aliphatic rings. The summed E-state index contributed by atoms with van der Waals surface area (Å²) in [6.07, 6.45) is 3.94. The summed E-state index contributed by atoms with van der Waals surface area (Å²) in [6, 6.07) is 14.9. The predicted molar refractivity (Wildman–Crippen MR) is 117 cm³/mol. The molecule has 166 valence electrons. The van der Waals surface area contributed by atoms with Crippen molar-refractivity contribution >= 4 is 27.7 Å². The molecule has 0 bridgehead atoms. The fourth-order valence-electron chi connectivity index (χ4n) is 3.89. The molecule has 0 saturated carbocycles. The predicted octanol–water partition coefficient (Wildman–Crippen LogP) is -0.836. The van der Waals surface area contributed by atoms with Gasteiger partial charge in [-0.2, -0.15) is 8.42 Å². The first-order valence-electron chi connectivity index (χ1n) is 10.3. The van der Waals surface area contributed by atoms with Crippen LogP contribution >= 0.6 is 0 Å². The number of carbonyl (C=O) groups excluding carboxylic acids is 2. The van der Waals surface area contributed by atoms with Crippen molar-refractivity contribution < 1.29 is 75.6 Å². The first kappa shape index (κ1) is 25.2. The van der Waals surface area contributed by atoms with Crippen LogP contribution < -0.4 is 70.5 Å². The number of carbonyl (C=O) groups is 2. The summed E-state index contributed by atoms with van der Waals surface area (Å²) in [6.45, 7) is -0.0330. The van der Waals surface area contributed by atoms with Crippen molar-refractivity contribution in [1.29, 1.82) is 0 Å². The second-order valence-electron chi connectivity index (χ2n) is 7.83. The van der Waals surface area contributed by atoms with Crippen LogP contribution in [0.25, 0.3) is 0 Å². The Morgan fingerprint density at radius 1 is 1.03 bits per heavy atom. The summed E-state index contributed by atoms with van der Waals surface area (Å²) < 4.78 is 33.8. The minimum atomic E-state index is -3.95. The Labute approximate surface area is 232 Å². The van der Waals surface area contributed by atoms with E-state index in [1.165, 1.54) is 0 Å². The Morgan fingerprint density at radius 2 is 1.81 bits per heavy atom. The Morgan fingerprint density at radius 3 is 2.53 bits per heavy atom. The van der Waals surface area contributed by atoms with Crippen LogP contribution in [0.1, 0.15) is 38.2 Å². The zero-order valence-corrected chi connectivity index (χ0v) is 22.0. The van der Waals surface area contributed by atoms with E-state index in [0.717, 1.165) is 34.7 Å². The van der Waals surface area contributed by atoms with Crippen molar-refractivity contribution in [3.05, 3.63) is 59.7 Å². The van der Waals surface area contributed by atoms with Gasteiger partial charge in [-0.3, -0.25) is 9.59 Å². The smallest absolute Gasteiger partial charge is 1.00 e. The molecule has 0 aromatic heterocycles. The molecule has 2 fully saturated rings. The summed E-state index contributed by atoms with van der Waals surface area (Å²) >= 11 is 0. The molecule has 2 saturated heterocycles. The van der Waals surface area contributed by atoms with Gasteiger partial charge in [-0.25, -0.2) is 9.03 Å². The maximum Gasteiger partial charge on any atom is 1.00 e. The van der Waals surface area contributed by atoms with Crippen LogP contribution in [-0.4, -0.2) is 32.8 Å². The molecule has 32 heavy (non-hydrogen) atoms. The zero-order chi connectivity index (χ0) is 21.8. The average molecular weight is 484 g/mol. The number of hydrogen-bond donors (Lipinski definition) is 2. The zero-order valence-electron chi connectivity index (χ0n) is 19.0. The minimum absolute atomic E-state index is 0. The van der Waals surface area contributed by atoms with Gasteiger partial charge in [0, 0.05) is 12.5 Å². The van der Waals surface area contributed by atoms with E-state index in [1.807, 2.05) is 41.1 Å². The minimum Gasteiger partial charge on any atom is -1.00 e. The molecule has 2 amide bonds. The molecule has 0 aliphatic carbocycles. The van der Waals surface area contributed by atoms with Crippen LogP contribution in [0.5, 0.6) is 5.75 Å². The van der Waals surface area contributed by atoms with Crippen LogP contribution in [0.3, 0.4) is 0 Å². The van der Waals surface area contributed by atoms with Crippen LogP contribution in [-0.2, 0) is 32.8 Å². The first-order valence-corrected chi connectivity index (χ1v) is 11.8. The van der Waals surface area contributed by atoms with Crippen LogP contribution in [0.15, 0.2) is 48.5 Å². The quantitative estimate of drug-likeness (QED) is 0.522. The van der Waals surface area contributed by atoms with Gasteiger partial charge in [-0.05, 0) is 42.5 Å². The van der Waals surface area contributed by atoms with E-state index in [4.69, 9.17) is 4.74 Å². The van der Waals surface area contributed by atoms with E-state index in [2.05, 4.69) is 5.32 Å². The SMILES string of the molecule is O=C1CCCCC(Cc2ccc(N3CC(=O)NS3(=O)=O)c(OCc3ccccc3)c2)N1.[H-].[K+]. The van der Waals surface area contributed by atoms with Gasteiger partial charge >= 0.3 is 61.6 Å². The molecule has 0 radical (unpaired) electrons. The second-order valence-corrected chi connectivity index (χ2v) is 9.42. The fraction of sp³-hybridized carbons (Fsp3) is 0.364. The molecule has 1 atom stereocenters. The molecule has 2 aliphatic heterocycles. The van der Waals surface area contributed by atoms with Crippen molar-refractivity contribution in [2.75, 3.05) is 10.8 Å². The van der Waals surface area contributed by atoms with Gasteiger partial charge in [-0.1, -0.05) is 42.8 Å². The van der Waals surface area contributed by atoms with Gasteiger partial charge in [0.15, 0.2) is 0 Å². The normalized spacial score (nSPS) is 20.0. The largest absolute Gasteiger partial charge is 1.00 e. The first-order chi connectivity index (χ1) is 14.9. The van der Waals surface area contributed by atoms with E-state index < -0.39 is 16.1 Å². The van der Waals surface area contributed by atoms with E-state index in [0.29, 0.717) is 24.3 Å². The van der Waals surface area contributed by atoms with Crippen LogP contribution in [0.4, 0.5) is 5.69 Å². The summed E-state index contributed by atoms with van der Waals surface area (Å²) in [5.74, 6) is -0.145. The third kappa shape index (κ3) is 6.33. The number of ether oxygens (including phenoxy) is 1. The van der Waals surface area contributed by atoms with Crippen molar-refractivity contribution in [3.8, 4) is 5.75 Å². The van der Waals surface area contributed by atoms with Crippen molar-refractivity contribution in [1.82, 2.24) is 10.0 Å². The van der Waals surface area contributed by atoms with Crippen LogP contribution in [0, 0.1) is 0 Å². The number of amides is 2. The molecule has 2 aromatic carbocycles. The number of benzene rings is 2. The second kappa shape index (κ2) is 11.1. The fourth-order valence-corrected chi connectivity index (χ4v) is 5.05. The van der Waals surface area contributed by atoms with E-state index >= 15 is 0 Å². The maximum atomic E-state index is 12.4. The van der Waals surface area contributed by atoms with Crippen LogP contribution in [0.2, 0.25) is 0 Å². The van der Waals surface area contributed by atoms with Gasteiger partial charge in [0.2, 0.25) is 5.91 Å². The van der Waals surface area contributed by atoms with Gasteiger partial charge in [0.05, 0.1) is 5.69 Å². The van der Waals surface area contributed by atoms with Gasteiger partial charge in [0.1, 0.15) is 18.9 Å². The van der Waals surface area contributed by atoms with Crippen molar-refractivity contribution in [2.45, 2.75) is 44.8 Å². The third-order valence-electron chi connectivity index (χ3n) is 5.40. The standard InChI is InChI=1S/C22H25N3O5S.K.H/c26-21-9-5-4-8-18(23-21)12-17-10-11-19(25-14-22(27)24-31(25,28)29)20(13-17)30-15-16-6-2-1-3-7-16;;/h1-3,6-7,10-11,13,18H,4-5,8-9,12,14-15H2,(H,23,26)(H,24,27);;/q;+1;-1. The molecular formula is C22H26KN3O5S. The summed E-state index contributed by atoms with van der Waals surface area (Å²) in [7, 11) is -3.95. The van der Waals surface area contributed by atoms with E-state index in [-0.39, 0.29) is 77.9 Å². The topological polar surface area (TPSA) is 105 Å². The molecule has 2 heterocycles. The maximum absolute atomic E-state index is 12.4. The number of rotatable bonds is 6. The molecular weight excluding hydrogens is 457 g/mol. The molecule has 8 nitrogen and oxygen atoms in total. The van der Waals surface area contributed by atoms with Gasteiger partial charge < -0.3 is 11.5 Å². The Hall–Kier alpha value is -1.43. The molecule has 4 rings (SSSR count). The molecule has 0 spiro atoms. The molecule has 1 unspecified atom stereocenters. The molecule has 2 N–H and O–H groups in total. The van der Waals surface area contributed by atoms with E-state index in [1.54, 1.807) is 12.1 Å². The van der Waals surface area contributed by atoms with Crippen molar-refractivity contribution in [3.63, 3.8) is 0 Å². The monoisotopic (exact) mass is 483 g/mol. The molecule has 2 aromatic rings. The summed E-state index contributed by atoms with van der Waals surface area (Å²) in [4.78, 5) is 23.6. The Kier molecular flexibility index (Phi) is 8.76. The third-order valence-corrected chi connectivity index (χ3v) is 6.80. The van der Waals surface area contributed by atoms with Crippen molar-refractivity contribution in [2.24, 2.45) is 0 Å². The number of anilines is 1. The number of nitrogens with one attached hydrogen (secondary N) is 2. The van der Waals surface area contributed by atoms with Gasteiger partial charge in [-0.15, -0.1) is 0 Å². The Balaban J connectivity index is 0.00000193. The number of hydrogen-bond acceptors (Lipinski definition) is 5. The summed E-state index contributed by atoms with van der Waals surface area (Å²) in [5.41, 5.74) is 2.17. The number of nitrogens with zero attached hydrogens (tertiary/aromatic N) is 1. The molecule has 10 heteroatoms. The summed E-state index contributed by atoms with van der Waals surface area (Å²) in [5, 5.41) is 3.05. The average Bonchev–Trinajstić information content (AvgIpc) is 2.87. The van der Waals surface area contributed by atoms with E-state index in [9.17, 15) is 18.0 Å². The van der Waals surface area contributed by atoms with Gasteiger partial charge in [0.25, 0.3) is 5.91 Å². The Bertz CT molecular complexity index is 1080.